The first-order valence-electron chi connectivity index (χ1n) is 5.07. The molecule has 0 atom stereocenters. The molecule has 3 heteroatoms. The summed E-state index contributed by atoms with van der Waals surface area (Å²) in [5.74, 6) is 0.298. The number of rotatable bonds is 3. The zero-order chi connectivity index (χ0) is 10.8. The van der Waals surface area contributed by atoms with Gasteiger partial charge in [-0.2, -0.15) is 0 Å². The Labute approximate surface area is 88.9 Å². The van der Waals surface area contributed by atoms with E-state index in [0.717, 1.165) is 16.5 Å². The molecule has 0 radical (unpaired) electrons. The molecule has 3 nitrogen and oxygen atoms in total. The Morgan fingerprint density at radius 3 is 2.93 bits per heavy atom. The smallest absolute Gasteiger partial charge is 0.117 e. The number of phenolic OH excluding ortho intramolecular Hbond substituents is 1. The third-order valence-corrected chi connectivity index (χ3v) is 2.52. The number of ether oxygens (including phenoxy) is 1. The normalized spacial score (nSPS) is 11.1. The number of phenols is 1. The van der Waals surface area contributed by atoms with Gasteiger partial charge in [0.1, 0.15) is 5.75 Å². The third-order valence-electron chi connectivity index (χ3n) is 2.52. The molecule has 0 aliphatic heterocycles. The maximum atomic E-state index is 9.40. The van der Waals surface area contributed by atoms with Crippen molar-refractivity contribution < 1.29 is 9.84 Å². The fourth-order valence-corrected chi connectivity index (χ4v) is 1.78. The number of hydrogen-bond donors (Lipinski definition) is 1. The van der Waals surface area contributed by atoms with Crippen LogP contribution < -0.4 is 0 Å². The molecule has 0 bridgehead atoms. The lowest BCUT2D eigenvalue weighted by atomic mass is 10.2. The summed E-state index contributed by atoms with van der Waals surface area (Å²) in [6, 6.07) is 5.40. The summed E-state index contributed by atoms with van der Waals surface area (Å²) < 4.78 is 7.40. The van der Waals surface area contributed by atoms with Crippen LogP contribution in [0.1, 0.15) is 12.5 Å². The van der Waals surface area contributed by atoms with Crippen LogP contribution in [0.15, 0.2) is 24.4 Å². The minimum atomic E-state index is 0.298. The molecule has 0 unspecified atom stereocenters. The fourth-order valence-electron chi connectivity index (χ4n) is 1.78. The van der Waals surface area contributed by atoms with E-state index in [0.29, 0.717) is 19.0 Å². The molecule has 2 rings (SSSR count). The van der Waals surface area contributed by atoms with E-state index in [1.807, 2.05) is 30.8 Å². The van der Waals surface area contributed by atoms with Gasteiger partial charge in [-0.3, -0.25) is 0 Å². The standard InChI is InChI=1S/C12H15NO2/c1-3-15-8-9-7-13(2)12-6-10(14)4-5-11(9)12/h4-7,14H,3,8H2,1-2H3. The molecular weight excluding hydrogens is 190 g/mol. The average molecular weight is 205 g/mol. The van der Waals surface area contributed by atoms with Gasteiger partial charge in [0.05, 0.1) is 12.1 Å². The van der Waals surface area contributed by atoms with Crippen LogP contribution in [-0.2, 0) is 18.4 Å². The highest BCUT2D eigenvalue weighted by Crippen LogP contribution is 2.24. The lowest BCUT2D eigenvalue weighted by molar-refractivity contribution is 0.135. The Balaban J connectivity index is 2.48. The van der Waals surface area contributed by atoms with Gasteiger partial charge in [0, 0.05) is 36.9 Å². The summed E-state index contributed by atoms with van der Waals surface area (Å²) >= 11 is 0. The molecule has 0 aliphatic rings. The van der Waals surface area contributed by atoms with Gasteiger partial charge >= 0.3 is 0 Å². The SMILES string of the molecule is CCOCc1cn(C)c2cc(O)ccc12. The Morgan fingerprint density at radius 2 is 2.20 bits per heavy atom. The summed E-state index contributed by atoms with van der Waals surface area (Å²) in [5.41, 5.74) is 2.19. The summed E-state index contributed by atoms with van der Waals surface area (Å²) in [4.78, 5) is 0. The molecule has 80 valence electrons. The van der Waals surface area contributed by atoms with Crippen molar-refractivity contribution >= 4 is 10.9 Å². The van der Waals surface area contributed by atoms with Gasteiger partial charge < -0.3 is 14.4 Å². The number of fused-ring (bicyclic) bond motifs is 1. The maximum absolute atomic E-state index is 9.40. The van der Waals surface area contributed by atoms with Crippen molar-refractivity contribution in [3.8, 4) is 5.75 Å². The predicted molar refractivity (Wildman–Crippen MR) is 59.9 cm³/mol. The lowest BCUT2D eigenvalue weighted by Crippen LogP contribution is -1.90. The largest absolute Gasteiger partial charge is 0.508 e. The first-order valence-corrected chi connectivity index (χ1v) is 5.07. The molecule has 15 heavy (non-hydrogen) atoms. The highest BCUT2D eigenvalue weighted by Gasteiger charge is 2.06. The van der Waals surface area contributed by atoms with E-state index in [-0.39, 0.29) is 0 Å². The topological polar surface area (TPSA) is 34.4 Å². The number of aromatic hydroxyl groups is 1. The van der Waals surface area contributed by atoms with Crippen LogP contribution in [0.2, 0.25) is 0 Å². The quantitative estimate of drug-likeness (QED) is 0.835. The van der Waals surface area contributed by atoms with Crippen LogP contribution in [0.3, 0.4) is 0 Å². The summed E-state index contributed by atoms with van der Waals surface area (Å²) in [7, 11) is 1.97. The monoisotopic (exact) mass is 205 g/mol. The minimum Gasteiger partial charge on any atom is -0.508 e. The zero-order valence-electron chi connectivity index (χ0n) is 9.03. The van der Waals surface area contributed by atoms with E-state index in [4.69, 9.17) is 4.74 Å². The Morgan fingerprint density at radius 1 is 1.40 bits per heavy atom. The van der Waals surface area contributed by atoms with E-state index in [1.54, 1.807) is 12.1 Å². The van der Waals surface area contributed by atoms with Crippen LogP contribution in [0, 0.1) is 0 Å². The van der Waals surface area contributed by atoms with E-state index in [2.05, 4.69) is 0 Å². The second-order valence-corrected chi connectivity index (χ2v) is 3.60. The van der Waals surface area contributed by atoms with Crippen LogP contribution in [-0.4, -0.2) is 16.3 Å². The van der Waals surface area contributed by atoms with Crippen molar-refractivity contribution in [1.82, 2.24) is 4.57 Å². The Bertz CT molecular complexity index is 474. The van der Waals surface area contributed by atoms with Gasteiger partial charge in [-0.15, -0.1) is 0 Å². The molecule has 0 aliphatic carbocycles. The van der Waals surface area contributed by atoms with Gasteiger partial charge in [-0.25, -0.2) is 0 Å². The van der Waals surface area contributed by atoms with E-state index in [1.165, 1.54) is 0 Å². The van der Waals surface area contributed by atoms with Gasteiger partial charge in [0.25, 0.3) is 0 Å². The lowest BCUT2D eigenvalue weighted by Gasteiger charge is -1.99. The van der Waals surface area contributed by atoms with Gasteiger partial charge in [-0.05, 0) is 19.1 Å². The van der Waals surface area contributed by atoms with Gasteiger partial charge in [0.15, 0.2) is 0 Å². The average Bonchev–Trinajstić information content (AvgIpc) is 2.53. The minimum absolute atomic E-state index is 0.298. The molecule has 0 spiro atoms. The summed E-state index contributed by atoms with van der Waals surface area (Å²) in [5, 5.41) is 10.5. The van der Waals surface area contributed by atoms with Crippen LogP contribution in [0.5, 0.6) is 5.75 Å². The molecule has 0 amide bonds. The molecule has 1 aromatic carbocycles. The van der Waals surface area contributed by atoms with Crippen LogP contribution in [0.25, 0.3) is 10.9 Å². The maximum Gasteiger partial charge on any atom is 0.117 e. The predicted octanol–water partition coefficient (Wildman–Crippen LogP) is 2.42. The molecule has 1 heterocycles. The van der Waals surface area contributed by atoms with Gasteiger partial charge in [-0.1, -0.05) is 0 Å². The molecule has 1 aromatic heterocycles. The zero-order valence-corrected chi connectivity index (χ0v) is 9.03. The Kier molecular flexibility index (Phi) is 2.64. The number of nitrogens with zero attached hydrogens (tertiary/aromatic N) is 1. The van der Waals surface area contributed by atoms with Crippen molar-refractivity contribution in [2.45, 2.75) is 13.5 Å². The number of hydrogen-bond acceptors (Lipinski definition) is 2. The second kappa shape index (κ2) is 3.95. The third kappa shape index (κ3) is 1.83. The number of aryl methyl sites for hydroxylation is 1. The number of benzene rings is 1. The van der Waals surface area contributed by atoms with Crippen molar-refractivity contribution in [3.63, 3.8) is 0 Å². The molecular formula is C12H15NO2. The van der Waals surface area contributed by atoms with E-state index in [9.17, 15) is 5.11 Å². The van der Waals surface area contributed by atoms with E-state index >= 15 is 0 Å². The van der Waals surface area contributed by atoms with Crippen LogP contribution >= 0.6 is 0 Å². The highest BCUT2D eigenvalue weighted by atomic mass is 16.5. The van der Waals surface area contributed by atoms with Crippen LogP contribution in [0.4, 0.5) is 0 Å². The fraction of sp³-hybridized carbons (Fsp3) is 0.333. The van der Waals surface area contributed by atoms with Crippen molar-refractivity contribution in [2.24, 2.45) is 7.05 Å². The molecule has 1 N–H and O–H groups in total. The van der Waals surface area contributed by atoms with E-state index < -0.39 is 0 Å². The molecule has 0 saturated carbocycles. The van der Waals surface area contributed by atoms with Crippen molar-refractivity contribution in [2.75, 3.05) is 6.61 Å². The first kappa shape index (κ1) is 10.1. The molecule has 0 fully saturated rings. The number of aromatic nitrogens is 1. The highest BCUT2D eigenvalue weighted by molar-refractivity contribution is 5.85. The summed E-state index contributed by atoms with van der Waals surface area (Å²) in [6.07, 6.45) is 2.04. The summed E-state index contributed by atoms with van der Waals surface area (Å²) in [6.45, 7) is 3.32. The van der Waals surface area contributed by atoms with Gasteiger partial charge in [0.2, 0.25) is 0 Å². The van der Waals surface area contributed by atoms with Crippen molar-refractivity contribution in [3.05, 3.63) is 30.0 Å². The first-order chi connectivity index (χ1) is 7.22. The Hall–Kier alpha value is -1.48. The second-order valence-electron chi connectivity index (χ2n) is 3.60. The molecule has 0 saturated heterocycles. The van der Waals surface area contributed by atoms with Crippen molar-refractivity contribution in [1.29, 1.82) is 0 Å². The molecule has 2 aromatic rings.